The van der Waals surface area contributed by atoms with Crippen molar-refractivity contribution in [3.8, 4) is 0 Å². The lowest BCUT2D eigenvalue weighted by molar-refractivity contribution is 0.259. The van der Waals surface area contributed by atoms with Gasteiger partial charge in [-0.15, -0.1) is 0 Å². The van der Waals surface area contributed by atoms with Crippen LogP contribution in [0.4, 0.5) is 10.7 Å². The predicted molar refractivity (Wildman–Crippen MR) is 54.0 cm³/mol. The molecule has 14 heavy (non-hydrogen) atoms. The van der Waals surface area contributed by atoms with Crippen LogP contribution in [-0.4, -0.2) is 16.0 Å². The van der Waals surface area contributed by atoms with Crippen LogP contribution in [-0.2, 0) is 12.8 Å². The molecule has 5 nitrogen and oxygen atoms in total. The van der Waals surface area contributed by atoms with Crippen molar-refractivity contribution < 1.29 is 4.79 Å². The molecule has 0 aromatic carbocycles. The summed E-state index contributed by atoms with van der Waals surface area (Å²) < 4.78 is 0. The Kier molecular flexibility index (Phi) is 3.39. The topological polar surface area (TPSA) is 80.9 Å². The van der Waals surface area contributed by atoms with Gasteiger partial charge < -0.3 is 5.73 Å². The number of carbonyl (C=O) groups excluding carboxylic acids is 1. The lowest BCUT2D eigenvalue weighted by Crippen LogP contribution is -2.21. The molecule has 1 heterocycles. The van der Waals surface area contributed by atoms with Crippen LogP contribution in [0.3, 0.4) is 0 Å². The first-order valence-electron chi connectivity index (χ1n) is 4.59. The molecule has 0 aliphatic carbocycles. The third-order valence-electron chi connectivity index (χ3n) is 1.79. The summed E-state index contributed by atoms with van der Waals surface area (Å²) in [6, 6.07) is 1.28. The minimum atomic E-state index is -0.639. The number of rotatable bonds is 3. The number of aromatic nitrogens is 2. The molecule has 0 spiro atoms. The Labute approximate surface area is 82.7 Å². The Hall–Kier alpha value is -1.65. The molecule has 0 saturated carbocycles. The monoisotopic (exact) mass is 194 g/mol. The van der Waals surface area contributed by atoms with Crippen LogP contribution in [0.25, 0.3) is 0 Å². The number of amides is 2. The normalized spacial score (nSPS) is 9.86. The molecule has 5 heteroatoms. The Morgan fingerprint density at radius 2 is 1.86 bits per heavy atom. The van der Waals surface area contributed by atoms with Gasteiger partial charge in [-0.2, -0.15) is 0 Å². The Morgan fingerprint density at radius 3 is 2.21 bits per heavy atom. The molecule has 0 atom stereocenters. The summed E-state index contributed by atoms with van der Waals surface area (Å²) in [6.45, 7) is 3.99. The number of aryl methyl sites for hydroxylation is 2. The first-order chi connectivity index (χ1) is 6.65. The van der Waals surface area contributed by atoms with E-state index >= 15 is 0 Å². The molecule has 0 saturated heterocycles. The van der Waals surface area contributed by atoms with Crippen LogP contribution in [0.1, 0.15) is 25.2 Å². The van der Waals surface area contributed by atoms with Crippen molar-refractivity contribution in [2.75, 3.05) is 5.32 Å². The summed E-state index contributed by atoms with van der Waals surface area (Å²) in [7, 11) is 0. The molecule has 76 valence electrons. The number of primary amides is 1. The second-order valence-corrected chi connectivity index (χ2v) is 2.87. The molecule has 0 radical (unpaired) electrons. The van der Waals surface area contributed by atoms with Gasteiger partial charge in [-0.25, -0.2) is 14.8 Å². The summed E-state index contributed by atoms with van der Waals surface area (Å²) in [6.07, 6.45) is 1.62. The Morgan fingerprint density at radius 1 is 1.36 bits per heavy atom. The van der Waals surface area contributed by atoms with Gasteiger partial charge in [0.1, 0.15) is 0 Å². The highest BCUT2D eigenvalue weighted by atomic mass is 16.2. The summed E-state index contributed by atoms with van der Waals surface area (Å²) in [5.41, 5.74) is 6.78. The third kappa shape index (κ3) is 2.69. The van der Waals surface area contributed by atoms with Crippen LogP contribution < -0.4 is 11.1 Å². The fourth-order valence-electron chi connectivity index (χ4n) is 1.08. The number of hydrogen-bond acceptors (Lipinski definition) is 3. The van der Waals surface area contributed by atoms with Crippen LogP contribution in [0.15, 0.2) is 6.07 Å². The number of anilines is 1. The zero-order valence-corrected chi connectivity index (χ0v) is 8.37. The van der Waals surface area contributed by atoms with Gasteiger partial charge in [0.05, 0.1) is 0 Å². The zero-order chi connectivity index (χ0) is 10.6. The molecule has 0 fully saturated rings. The van der Waals surface area contributed by atoms with E-state index in [9.17, 15) is 4.79 Å². The van der Waals surface area contributed by atoms with E-state index in [0.717, 1.165) is 24.2 Å². The van der Waals surface area contributed by atoms with E-state index < -0.39 is 6.03 Å². The second kappa shape index (κ2) is 4.55. The quantitative estimate of drug-likeness (QED) is 0.755. The molecule has 3 N–H and O–H groups in total. The van der Waals surface area contributed by atoms with E-state index in [1.165, 1.54) is 0 Å². The van der Waals surface area contributed by atoms with Gasteiger partial charge >= 0.3 is 6.03 Å². The van der Waals surface area contributed by atoms with Gasteiger partial charge in [0.15, 0.2) is 0 Å². The van der Waals surface area contributed by atoms with Gasteiger partial charge in [0, 0.05) is 11.4 Å². The van der Waals surface area contributed by atoms with Gasteiger partial charge in [0.2, 0.25) is 5.95 Å². The van der Waals surface area contributed by atoms with Gasteiger partial charge in [-0.05, 0) is 18.9 Å². The molecule has 0 aliphatic heterocycles. The number of hydrogen-bond donors (Lipinski definition) is 2. The van der Waals surface area contributed by atoms with Crippen molar-refractivity contribution in [3.05, 3.63) is 17.5 Å². The first-order valence-corrected chi connectivity index (χ1v) is 4.59. The van der Waals surface area contributed by atoms with E-state index in [1.807, 2.05) is 19.9 Å². The number of nitrogens with zero attached hydrogens (tertiary/aromatic N) is 2. The van der Waals surface area contributed by atoms with Crippen LogP contribution in [0.5, 0.6) is 0 Å². The molecule has 0 unspecified atom stereocenters. The lowest BCUT2D eigenvalue weighted by Gasteiger charge is -2.04. The summed E-state index contributed by atoms with van der Waals surface area (Å²) in [5.74, 6) is 0.286. The van der Waals surface area contributed by atoms with Crippen molar-refractivity contribution in [2.24, 2.45) is 5.73 Å². The largest absolute Gasteiger partial charge is 0.351 e. The number of carbonyl (C=O) groups is 1. The van der Waals surface area contributed by atoms with Crippen LogP contribution in [0.2, 0.25) is 0 Å². The molecule has 0 bridgehead atoms. The van der Waals surface area contributed by atoms with Crippen molar-refractivity contribution in [3.63, 3.8) is 0 Å². The maximum atomic E-state index is 10.6. The highest BCUT2D eigenvalue weighted by Gasteiger charge is 2.03. The first kappa shape index (κ1) is 10.4. The van der Waals surface area contributed by atoms with Crippen LogP contribution >= 0.6 is 0 Å². The summed E-state index contributed by atoms with van der Waals surface area (Å²) in [5, 5.41) is 2.37. The SMILES string of the molecule is CCc1cc(CC)nc(NC(N)=O)n1. The second-order valence-electron chi connectivity index (χ2n) is 2.87. The van der Waals surface area contributed by atoms with Crippen molar-refractivity contribution in [2.45, 2.75) is 26.7 Å². The summed E-state index contributed by atoms with van der Waals surface area (Å²) in [4.78, 5) is 18.8. The van der Waals surface area contributed by atoms with E-state index in [1.54, 1.807) is 0 Å². The fourth-order valence-corrected chi connectivity index (χ4v) is 1.08. The molecular formula is C9H14N4O. The minimum Gasteiger partial charge on any atom is -0.351 e. The predicted octanol–water partition coefficient (Wildman–Crippen LogP) is 1.09. The maximum Gasteiger partial charge on any atom is 0.319 e. The number of nitrogens with two attached hydrogens (primary N) is 1. The molecule has 2 amide bonds. The van der Waals surface area contributed by atoms with Gasteiger partial charge in [0.25, 0.3) is 0 Å². The highest BCUT2D eigenvalue weighted by molar-refractivity contribution is 5.85. The van der Waals surface area contributed by atoms with Crippen molar-refractivity contribution in [1.29, 1.82) is 0 Å². The number of urea groups is 1. The molecule has 1 aromatic heterocycles. The van der Waals surface area contributed by atoms with Crippen LogP contribution in [0, 0.1) is 0 Å². The minimum absolute atomic E-state index is 0.286. The molecular weight excluding hydrogens is 180 g/mol. The molecule has 0 aliphatic rings. The average molecular weight is 194 g/mol. The Balaban J connectivity index is 2.98. The van der Waals surface area contributed by atoms with Crippen molar-refractivity contribution >= 4 is 12.0 Å². The zero-order valence-electron chi connectivity index (χ0n) is 8.37. The van der Waals surface area contributed by atoms with Gasteiger partial charge in [-0.3, -0.25) is 5.32 Å². The third-order valence-corrected chi connectivity index (χ3v) is 1.79. The average Bonchev–Trinajstić information content (AvgIpc) is 2.16. The van der Waals surface area contributed by atoms with Gasteiger partial charge in [-0.1, -0.05) is 13.8 Å². The van der Waals surface area contributed by atoms with E-state index in [-0.39, 0.29) is 5.95 Å². The van der Waals surface area contributed by atoms with E-state index in [4.69, 9.17) is 5.73 Å². The van der Waals surface area contributed by atoms with E-state index in [0.29, 0.717) is 0 Å². The summed E-state index contributed by atoms with van der Waals surface area (Å²) >= 11 is 0. The fraction of sp³-hybridized carbons (Fsp3) is 0.444. The highest BCUT2D eigenvalue weighted by Crippen LogP contribution is 2.06. The molecule has 1 aromatic rings. The maximum absolute atomic E-state index is 10.6. The number of nitrogens with one attached hydrogen (secondary N) is 1. The van der Waals surface area contributed by atoms with Crippen molar-refractivity contribution in [1.82, 2.24) is 9.97 Å². The lowest BCUT2D eigenvalue weighted by atomic mass is 10.2. The standard InChI is InChI=1S/C9H14N4O/c1-3-6-5-7(4-2)12-9(11-6)13-8(10)14/h5H,3-4H2,1-2H3,(H3,10,11,12,13,14). The Bertz CT molecular complexity index is 315. The molecule has 1 rings (SSSR count). The van der Waals surface area contributed by atoms with E-state index in [2.05, 4.69) is 15.3 Å². The smallest absolute Gasteiger partial charge is 0.319 e.